The van der Waals surface area contributed by atoms with Crippen LogP contribution in [0.5, 0.6) is 11.5 Å². The Hall–Kier alpha value is -5.59. The van der Waals surface area contributed by atoms with Gasteiger partial charge in [-0.15, -0.1) is 0 Å². The summed E-state index contributed by atoms with van der Waals surface area (Å²) < 4.78 is 14.0. The number of aromatic nitrogens is 2. The summed E-state index contributed by atoms with van der Waals surface area (Å²) in [5, 5.41) is 0.998. The fourth-order valence-electron chi connectivity index (χ4n) is 6.67. The highest BCUT2D eigenvalue weighted by atomic mass is 28.2. The number of hydrogen-bond donors (Lipinski definition) is 0. The molecule has 0 radical (unpaired) electrons. The summed E-state index contributed by atoms with van der Waals surface area (Å²) >= 11 is 0. The first-order chi connectivity index (χ1) is 24.7. The zero-order valence-corrected chi connectivity index (χ0v) is 30.2. The van der Waals surface area contributed by atoms with Crippen LogP contribution >= 0.6 is 0 Å². The van der Waals surface area contributed by atoms with Gasteiger partial charge in [0.05, 0.1) is 34.2 Å². The first kappa shape index (κ1) is 34.3. The van der Waals surface area contributed by atoms with Gasteiger partial charge >= 0.3 is 0 Å². The molecule has 0 aliphatic heterocycles. The first-order valence-electron chi connectivity index (χ1n) is 17.3. The number of nitrogens with zero attached hydrogens (tertiary/aromatic N) is 2. The highest BCUT2D eigenvalue weighted by Gasteiger charge is 2.37. The number of rotatable bonds is 12. The number of ether oxygens (including phenoxy) is 2. The van der Waals surface area contributed by atoms with Gasteiger partial charge in [0.15, 0.2) is 0 Å². The summed E-state index contributed by atoms with van der Waals surface area (Å²) in [7, 11) is -0.918. The highest BCUT2D eigenvalue weighted by Crippen LogP contribution is 2.36. The van der Waals surface area contributed by atoms with Crippen molar-refractivity contribution in [1.29, 1.82) is 0 Å². The molecular weight excluding hydrogens is 627 g/mol. The standard InChI is InChI=1S/C26H28N2O2Si.C18H15B/c1-3-29-23-12-8-10-21(18-23)26(28-17-16-27-20-28,31-25-14-6-5-7-15-25)22-11-9-13-24(19-22)30-4-2;1-4-10-16(11-5-1)19(17-12-6-2-7-13-17)18-14-8-3-9-15-18/h5-20H,3-4,31H2,1-2H3;1-15H. The molecule has 0 aliphatic rings. The Labute approximate surface area is 299 Å². The molecule has 4 nitrogen and oxygen atoms in total. The van der Waals surface area contributed by atoms with Crippen molar-refractivity contribution in [3.05, 3.63) is 200 Å². The van der Waals surface area contributed by atoms with Gasteiger partial charge in [-0.05, 0) is 49.2 Å². The quantitative estimate of drug-likeness (QED) is 0.147. The summed E-state index contributed by atoms with van der Waals surface area (Å²) in [5.41, 5.74) is 6.39. The van der Waals surface area contributed by atoms with Crippen molar-refractivity contribution >= 4 is 37.8 Å². The second kappa shape index (κ2) is 17.2. The predicted molar refractivity (Wildman–Crippen MR) is 212 cm³/mol. The van der Waals surface area contributed by atoms with E-state index in [-0.39, 0.29) is 5.16 Å². The Kier molecular flexibility index (Phi) is 11.8. The minimum atomic E-state index is -0.918. The molecule has 0 amide bonds. The van der Waals surface area contributed by atoms with E-state index in [1.165, 1.54) is 32.7 Å². The molecule has 0 bridgehead atoms. The van der Waals surface area contributed by atoms with Crippen LogP contribution in [0.25, 0.3) is 0 Å². The Morgan fingerprint density at radius 2 is 1.00 bits per heavy atom. The van der Waals surface area contributed by atoms with Crippen molar-refractivity contribution in [3.8, 4) is 11.5 Å². The topological polar surface area (TPSA) is 36.3 Å². The molecule has 6 aromatic carbocycles. The number of hydrogen-bond acceptors (Lipinski definition) is 3. The molecule has 1 aromatic heterocycles. The lowest BCUT2D eigenvalue weighted by atomic mass is 9.37. The Balaban J connectivity index is 0.000000194. The van der Waals surface area contributed by atoms with Crippen LogP contribution < -0.4 is 31.0 Å². The van der Waals surface area contributed by atoms with E-state index in [0.717, 1.165) is 11.5 Å². The van der Waals surface area contributed by atoms with E-state index < -0.39 is 9.52 Å². The van der Waals surface area contributed by atoms with Gasteiger partial charge in [-0.25, -0.2) is 4.98 Å². The molecule has 0 N–H and O–H groups in total. The monoisotopic (exact) mass is 670 g/mol. The average molecular weight is 671 g/mol. The number of benzene rings is 6. The molecule has 0 saturated heterocycles. The molecule has 0 atom stereocenters. The van der Waals surface area contributed by atoms with Crippen LogP contribution in [0.15, 0.2) is 189 Å². The first-order valence-corrected chi connectivity index (χ1v) is 18.8. The minimum absolute atomic E-state index is 0.309. The van der Waals surface area contributed by atoms with Gasteiger partial charge in [0.1, 0.15) is 11.5 Å². The second-order valence-corrected chi connectivity index (χ2v) is 14.3. The Morgan fingerprint density at radius 3 is 1.40 bits per heavy atom. The summed E-state index contributed by atoms with van der Waals surface area (Å²) in [6.45, 7) is 5.61. The maximum atomic E-state index is 5.87. The fourth-order valence-corrected chi connectivity index (χ4v) is 8.99. The lowest BCUT2D eigenvalue weighted by molar-refractivity contribution is 0.338. The van der Waals surface area contributed by atoms with E-state index in [4.69, 9.17) is 9.47 Å². The maximum Gasteiger partial charge on any atom is 0.241 e. The van der Waals surface area contributed by atoms with Crippen LogP contribution in [-0.4, -0.2) is 39.0 Å². The molecule has 50 heavy (non-hydrogen) atoms. The van der Waals surface area contributed by atoms with E-state index >= 15 is 0 Å². The zero-order valence-electron chi connectivity index (χ0n) is 28.8. The van der Waals surface area contributed by atoms with E-state index in [0.29, 0.717) is 19.9 Å². The summed E-state index contributed by atoms with van der Waals surface area (Å²) in [4.78, 5) is 4.42. The molecule has 7 rings (SSSR count). The normalized spacial score (nSPS) is 11.1. The Morgan fingerprint density at radius 1 is 0.560 bits per heavy atom. The van der Waals surface area contributed by atoms with Gasteiger partial charge in [-0.3, -0.25) is 0 Å². The fraction of sp³-hybridized carbons (Fsp3) is 0.114. The smallest absolute Gasteiger partial charge is 0.241 e. The van der Waals surface area contributed by atoms with Crippen molar-refractivity contribution in [2.75, 3.05) is 13.2 Å². The number of imidazole rings is 1. The van der Waals surface area contributed by atoms with Gasteiger partial charge in [0.25, 0.3) is 0 Å². The van der Waals surface area contributed by atoms with Crippen LogP contribution in [0.3, 0.4) is 0 Å². The second-order valence-electron chi connectivity index (χ2n) is 12.1. The van der Waals surface area contributed by atoms with Crippen LogP contribution in [-0.2, 0) is 5.16 Å². The lowest BCUT2D eigenvalue weighted by Crippen LogP contribution is -2.51. The van der Waals surface area contributed by atoms with Crippen molar-refractivity contribution in [2.24, 2.45) is 0 Å². The summed E-state index contributed by atoms with van der Waals surface area (Å²) in [6, 6.07) is 59.8. The SMILES string of the molecule is CCOc1cccc(C([SiH2]c2ccccc2)(c2cccc(OCC)c2)n2ccnc2)c1.c1ccc(B(c2ccccc2)c2ccccc2)cc1. The zero-order chi connectivity index (χ0) is 34.4. The van der Waals surface area contributed by atoms with Gasteiger partial charge in [0, 0.05) is 12.4 Å². The molecule has 1 heterocycles. The van der Waals surface area contributed by atoms with Crippen molar-refractivity contribution in [3.63, 3.8) is 0 Å². The van der Waals surface area contributed by atoms with Crippen LogP contribution in [0.4, 0.5) is 0 Å². The van der Waals surface area contributed by atoms with Crippen molar-refractivity contribution in [1.82, 2.24) is 9.55 Å². The van der Waals surface area contributed by atoms with E-state index in [9.17, 15) is 0 Å². The van der Waals surface area contributed by atoms with Crippen molar-refractivity contribution < 1.29 is 9.47 Å². The van der Waals surface area contributed by atoms with Crippen LogP contribution in [0.2, 0.25) is 0 Å². The molecule has 248 valence electrons. The molecule has 6 heteroatoms. The molecule has 0 aliphatic carbocycles. The maximum absolute atomic E-state index is 5.87. The van der Waals surface area contributed by atoms with E-state index in [1.807, 2.05) is 38.5 Å². The van der Waals surface area contributed by atoms with E-state index in [2.05, 4.69) is 173 Å². The van der Waals surface area contributed by atoms with Crippen LogP contribution in [0, 0.1) is 0 Å². The van der Waals surface area contributed by atoms with Gasteiger partial charge < -0.3 is 14.0 Å². The molecule has 7 aromatic rings. The van der Waals surface area contributed by atoms with Gasteiger partial charge in [-0.2, -0.15) is 0 Å². The molecular formula is C44H43BN2O2Si. The average Bonchev–Trinajstić information content (AvgIpc) is 3.72. The van der Waals surface area contributed by atoms with Gasteiger partial charge in [0.2, 0.25) is 6.71 Å². The third kappa shape index (κ3) is 8.16. The third-order valence-electron chi connectivity index (χ3n) is 8.89. The van der Waals surface area contributed by atoms with E-state index in [1.54, 1.807) is 0 Å². The van der Waals surface area contributed by atoms with Crippen molar-refractivity contribution in [2.45, 2.75) is 19.0 Å². The third-order valence-corrected chi connectivity index (χ3v) is 11.5. The van der Waals surface area contributed by atoms with Crippen LogP contribution in [0.1, 0.15) is 25.0 Å². The minimum Gasteiger partial charge on any atom is -0.494 e. The molecule has 0 saturated carbocycles. The lowest BCUT2D eigenvalue weighted by Gasteiger charge is -2.37. The Bertz CT molecular complexity index is 1860. The molecule has 0 spiro atoms. The predicted octanol–water partition coefficient (Wildman–Crippen LogP) is 6.13. The largest absolute Gasteiger partial charge is 0.494 e. The molecule has 0 fully saturated rings. The molecule has 0 unspecified atom stereocenters. The summed E-state index contributed by atoms with van der Waals surface area (Å²) in [5.74, 6) is 1.76. The highest BCUT2D eigenvalue weighted by molar-refractivity contribution is 6.95. The van der Waals surface area contributed by atoms with Gasteiger partial charge in [-0.1, -0.05) is 167 Å². The summed E-state index contributed by atoms with van der Waals surface area (Å²) in [6.07, 6.45) is 5.85.